The third-order valence-corrected chi connectivity index (χ3v) is 3.12. The van der Waals surface area contributed by atoms with Crippen LogP contribution in [-0.2, 0) is 6.42 Å². The van der Waals surface area contributed by atoms with Gasteiger partial charge in [0.2, 0.25) is 0 Å². The van der Waals surface area contributed by atoms with Crippen molar-refractivity contribution in [2.45, 2.75) is 39.2 Å². The number of anilines is 1. The van der Waals surface area contributed by atoms with Crippen LogP contribution in [0.3, 0.4) is 0 Å². The van der Waals surface area contributed by atoms with E-state index in [0.717, 1.165) is 28.4 Å². The summed E-state index contributed by atoms with van der Waals surface area (Å²) in [6.07, 6.45) is 2.52. The maximum absolute atomic E-state index is 5.35. The van der Waals surface area contributed by atoms with Crippen molar-refractivity contribution in [1.29, 1.82) is 0 Å². The van der Waals surface area contributed by atoms with Crippen LogP contribution in [-0.4, -0.2) is 16.0 Å². The Balaban J connectivity index is 2.05. The second-order valence-electron chi connectivity index (χ2n) is 4.92. The van der Waals surface area contributed by atoms with E-state index in [1.165, 1.54) is 0 Å². The van der Waals surface area contributed by atoms with Gasteiger partial charge in [0.25, 0.3) is 0 Å². The minimum Gasteiger partial charge on any atom is -0.469 e. The van der Waals surface area contributed by atoms with Crippen LogP contribution in [0.4, 0.5) is 5.82 Å². The monoisotopic (exact) mass is 323 g/mol. The van der Waals surface area contributed by atoms with Gasteiger partial charge in [0.1, 0.15) is 22.0 Å². The maximum atomic E-state index is 5.35. The Morgan fingerprint density at radius 1 is 1.32 bits per heavy atom. The highest BCUT2D eigenvalue weighted by Gasteiger charge is 2.10. The van der Waals surface area contributed by atoms with Crippen molar-refractivity contribution in [3.63, 3.8) is 0 Å². The lowest BCUT2D eigenvalue weighted by molar-refractivity contribution is 0.497. The quantitative estimate of drug-likeness (QED) is 0.845. The van der Waals surface area contributed by atoms with Gasteiger partial charge in [-0.2, -0.15) is 0 Å². The van der Waals surface area contributed by atoms with Crippen LogP contribution in [0.25, 0.3) is 0 Å². The van der Waals surface area contributed by atoms with E-state index in [-0.39, 0.29) is 6.04 Å². The zero-order valence-electron chi connectivity index (χ0n) is 11.4. The van der Waals surface area contributed by atoms with E-state index in [1.54, 1.807) is 6.26 Å². The molecule has 1 atom stereocenters. The lowest BCUT2D eigenvalue weighted by atomic mass is 10.2. The van der Waals surface area contributed by atoms with Crippen LogP contribution >= 0.6 is 15.9 Å². The highest BCUT2D eigenvalue weighted by atomic mass is 79.9. The molecule has 0 amide bonds. The predicted molar refractivity (Wildman–Crippen MR) is 79.3 cm³/mol. The lowest BCUT2D eigenvalue weighted by Gasteiger charge is -2.15. The van der Waals surface area contributed by atoms with Gasteiger partial charge in [0, 0.05) is 24.4 Å². The average molecular weight is 324 g/mol. The normalized spacial score (nSPS) is 12.7. The summed E-state index contributed by atoms with van der Waals surface area (Å²) in [6, 6.07) is 6.02. The Morgan fingerprint density at radius 2 is 2.11 bits per heavy atom. The van der Waals surface area contributed by atoms with E-state index < -0.39 is 0 Å². The number of rotatable bonds is 5. The number of furan rings is 1. The number of hydrogen-bond donors (Lipinski definition) is 1. The number of nitrogens with one attached hydrogen (secondary N) is 1. The van der Waals surface area contributed by atoms with Crippen LogP contribution in [0.5, 0.6) is 0 Å². The van der Waals surface area contributed by atoms with Gasteiger partial charge in [-0.25, -0.2) is 9.97 Å². The van der Waals surface area contributed by atoms with Gasteiger partial charge >= 0.3 is 0 Å². The summed E-state index contributed by atoms with van der Waals surface area (Å²) in [6.45, 7) is 6.27. The second kappa shape index (κ2) is 6.19. The molecule has 2 aromatic rings. The Morgan fingerprint density at radius 3 is 2.74 bits per heavy atom. The van der Waals surface area contributed by atoms with Crippen LogP contribution in [0.2, 0.25) is 0 Å². The van der Waals surface area contributed by atoms with Gasteiger partial charge in [-0.3, -0.25) is 0 Å². The van der Waals surface area contributed by atoms with Gasteiger partial charge in [-0.1, -0.05) is 13.8 Å². The van der Waals surface area contributed by atoms with Crippen molar-refractivity contribution in [3.8, 4) is 0 Å². The molecule has 5 heteroatoms. The van der Waals surface area contributed by atoms with Crippen LogP contribution in [0, 0.1) is 0 Å². The molecule has 2 rings (SSSR count). The molecule has 2 heterocycles. The molecule has 0 aliphatic heterocycles. The first-order chi connectivity index (χ1) is 9.04. The number of halogens is 1. The molecule has 0 saturated carbocycles. The van der Waals surface area contributed by atoms with Gasteiger partial charge in [-0.05, 0) is 35.0 Å². The zero-order valence-corrected chi connectivity index (χ0v) is 12.9. The molecular formula is C14H18BrN3O. The molecule has 1 N–H and O–H groups in total. The Kier molecular flexibility index (Phi) is 4.58. The fourth-order valence-corrected chi connectivity index (χ4v) is 2.20. The van der Waals surface area contributed by atoms with Gasteiger partial charge < -0.3 is 9.73 Å². The molecule has 0 fully saturated rings. The van der Waals surface area contributed by atoms with E-state index in [0.29, 0.717) is 5.92 Å². The number of hydrogen-bond acceptors (Lipinski definition) is 4. The average Bonchev–Trinajstić information content (AvgIpc) is 2.80. The molecule has 0 aliphatic carbocycles. The van der Waals surface area contributed by atoms with Crippen LogP contribution in [0.15, 0.2) is 33.5 Å². The third-order valence-electron chi connectivity index (χ3n) is 2.71. The first kappa shape index (κ1) is 14.1. The smallest absolute Gasteiger partial charge is 0.134 e. The molecule has 0 aromatic carbocycles. The lowest BCUT2D eigenvalue weighted by Crippen LogP contribution is -2.19. The van der Waals surface area contributed by atoms with E-state index in [2.05, 4.69) is 52.0 Å². The van der Waals surface area contributed by atoms with Crippen molar-refractivity contribution < 1.29 is 4.42 Å². The van der Waals surface area contributed by atoms with Crippen molar-refractivity contribution in [2.24, 2.45) is 0 Å². The molecule has 0 aliphatic rings. The molecule has 0 bridgehead atoms. The number of aromatic nitrogens is 2. The van der Waals surface area contributed by atoms with Crippen molar-refractivity contribution in [2.75, 3.05) is 5.32 Å². The van der Waals surface area contributed by atoms with Crippen molar-refractivity contribution >= 4 is 21.7 Å². The molecule has 19 heavy (non-hydrogen) atoms. The Hall–Kier alpha value is -1.36. The van der Waals surface area contributed by atoms with Crippen molar-refractivity contribution in [3.05, 3.63) is 40.7 Å². The summed E-state index contributed by atoms with van der Waals surface area (Å²) in [5.41, 5.74) is 0. The van der Waals surface area contributed by atoms with Crippen molar-refractivity contribution in [1.82, 2.24) is 9.97 Å². The molecule has 1 unspecified atom stereocenters. The highest BCUT2D eigenvalue weighted by molar-refractivity contribution is 9.10. The summed E-state index contributed by atoms with van der Waals surface area (Å²) in [4.78, 5) is 8.88. The molecular weight excluding hydrogens is 306 g/mol. The number of nitrogens with zero attached hydrogens (tertiary/aromatic N) is 2. The van der Waals surface area contributed by atoms with Gasteiger partial charge in [0.15, 0.2) is 0 Å². The van der Waals surface area contributed by atoms with Crippen LogP contribution < -0.4 is 5.32 Å². The predicted octanol–water partition coefficient (Wildman–Crippen LogP) is 4.00. The van der Waals surface area contributed by atoms with Crippen LogP contribution in [0.1, 0.15) is 38.3 Å². The summed E-state index contributed by atoms with van der Waals surface area (Å²) in [7, 11) is 0. The highest BCUT2D eigenvalue weighted by Crippen LogP contribution is 2.18. The Labute approximate surface area is 121 Å². The standard InChI is InChI=1S/C14H18BrN3O/c1-9(2)14-17-12(15)8-13(18-14)16-10(3)7-11-5-4-6-19-11/h4-6,8-10H,7H2,1-3H3,(H,16,17,18). The van der Waals surface area contributed by atoms with E-state index in [4.69, 9.17) is 4.42 Å². The molecule has 0 spiro atoms. The molecule has 4 nitrogen and oxygen atoms in total. The summed E-state index contributed by atoms with van der Waals surface area (Å²) < 4.78 is 6.15. The van der Waals surface area contributed by atoms with E-state index >= 15 is 0 Å². The van der Waals surface area contributed by atoms with Gasteiger partial charge in [-0.15, -0.1) is 0 Å². The summed E-state index contributed by atoms with van der Waals surface area (Å²) >= 11 is 3.42. The van der Waals surface area contributed by atoms with Gasteiger partial charge in [0.05, 0.1) is 6.26 Å². The summed E-state index contributed by atoms with van der Waals surface area (Å²) in [5.74, 6) is 2.95. The molecule has 2 aromatic heterocycles. The first-order valence-electron chi connectivity index (χ1n) is 6.38. The minimum atomic E-state index is 0.243. The fraction of sp³-hybridized carbons (Fsp3) is 0.429. The minimum absolute atomic E-state index is 0.243. The SMILES string of the molecule is CC(Cc1ccco1)Nc1cc(Br)nc(C(C)C)n1. The Bertz CT molecular complexity index is 525. The first-order valence-corrected chi connectivity index (χ1v) is 7.17. The summed E-state index contributed by atoms with van der Waals surface area (Å²) in [5, 5.41) is 3.38. The molecule has 0 saturated heterocycles. The second-order valence-corrected chi connectivity index (χ2v) is 5.73. The largest absolute Gasteiger partial charge is 0.469 e. The van der Waals surface area contributed by atoms with E-state index in [9.17, 15) is 0 Å². The third kappa shape index (κ3) is 4.06. The topological polar surface area (TPSA) is 51.0 Å². The van der Waals surface area contributed by atoms with E-state index in [1.807, 2.05) is 18.2 Å². The fourth-order valence-electron chi connectivity index (χ4n) is 1.80. The maximum Gasteiger partial charge on any atom is 0.134 e. The molecule has 102 valence electrons. The molecule has 0 radical (unpaired) electrons. The zero-order chi connectivity index (χ0) is 13.8.